The molecule has 1 heterocycles. The minimum atomic E-state index is -0.669. The van der Waals surface area contributed by atoms with Crippen LogP contribution in [-0.4, -0.2) is 30.7 Å². The monoisotopic (exact) mass is 102 g/mol. The van der Waals surface area contributed by atoms with Crippen molar-refractivity contribution in [2.45, 2.75) is 6.04 Å². The molecule has 7 heavy (non-hydrogen) atoms. The number of carboxylic acid groups (broad SMARTS) is 1. The zero-order valence-electron chi connectivity index (χ0n) is 4.14. The van der Waals surface area contributed by atoms with E-state index in [-0.39, 0.29) is 6.04 Å². The molecule has 1 saturated heterocycles. The number of nitrogens with one attached hydrogen (secondary N) is 1. The summed E-state index contributed by atoms with van der Waals surface area (Å²) in [5.41, 5.74) is 0. The summed E-state index contributed by atoms with van der Waals surface area (Å²) in [4.78, 5) is 11.1. The molecule has 0 saturated carbocycles. The van der Waals surface area contributed by atoms with E-state index in [1.807, 2.05) is 7.05 Å². The maximum absolute atomic E-state index is 9.95. The zero-order valence-corrected chi connectivity index (χ0v) is 4.14. The topological polar surface area (TPSA) is 41.7 Å². The van der Waals surface area contributed by atoms with Gasteiger partial charge in [0, 0.05) is 0 Å². The highest BCUT2D eigenvalue weighted by Crippen LogP contribution is 1.82. The molecule has 1 rings (SSSR count). The van der Waals surface area contributed by atoms with E-state index in [4.69, 9.17) is 5.11 Å². The first kappa shape index (κ1) is 4.59. The third-order valence-electron chi connectivity index (χ3n) is 1.26. The van der Waals surface area contributed by atoms with Gasteiger partial charge in [-0.3, -0.25) is 0 Å². The van der Waals surface area contributed by atoms with E-state index in [2.05, 4.69) is 0 Å². The van der Waals surface area contributed by atoms with Crippen molar-refractivity contribution in [3.63, 3.8) is 0 Å². The fraction of sp³-hybridized carbons (Fsp3) is 0.750. The van der Waals surface area contributed by atoms with Crippen LogP contribution in [0.5, 0.6) is 0 Å². The summed E-state index contributed by atoms with van der Waals surface area (Å²) < 4.78 is 0. The third-order valence-corrected chi connectivity index (χ3v) is 1.26. The maximum atomic E-state index is 9.95. The lowest BCUT2D eigenvalue weighted by Crippen LogP contribution is -2.90. The number of hydrogen-bond donors (Lipinski definition) is 2. The molecular weight excluding hydrogens is 94.0 g/mol. The Hall–Kier alpha value is -0.570. The van der Waals surface area contributed by atoms with Gasteiger partial charge in [-0.25, -0.2) is 4.79 Å². The average Bonchev–Trinajstić information content (AvgIpc) is 2.17. The van der Waals surface area contributed by atoms with E-state index in [1.165, 1.54) is 0 Å². The van der Waals surface area contributed by atoms with Crippen molar-refractivity contribution < 1.29 is 14.8 Å². The molecule has 3 heteroatoms. The number of carboxylic acids is 1. The molecule has 0 bridgehead atoms. The van der Waals surface area contributed by atoms with Crippen LogP contribution < -0.4 is 4.90 Å². The number of likely N-dealkylation sites (N-methyl/N-ethyl adjacent to an activating group) is 1. The molecule has 1 aliphatic rings. The van der Waals surface area contributed by atoms with Gasteiger partial charge in [0.05, 0.1) is 7.05 Å². The van der Waals surface area contributed by atoms with Gasteiger partial charge in [0.25, 0.3) is 0 Å². The number of aliphatic carboxylic acids is 1. The molecule has 1 fully saturated rings. The van der Waals surface area contributed by atoms with Crippen molar-refractivity contribution in [3.8, 4) is 0 Å². The van der Waals surface area contributed by atoms with Gasteiger partial charge in [0.2, 0.25) is 6.04 Å². The standard InChI is InChI=1S/C4H7NO2/c1-5-2-3(5)4(6)7/h3H,2H2,1H3,(H,6,7)/p+1. The van der Waals surface area contributed by atoms with Crippen LogP contribution in [0.4, 0.5) is 0 Å². The molecule has 0 spiro atoms. The van der Waals surface area contributed by atoms with Gasteiger partial charge in [-0.1, -0.05) is 0 Å². The van der Waals surface area contributed by atoms with Gasteiger partial charge in [-0.2, -0.15) is 0 Å². The number of rotatable bonds is 1. The van der Waals surface area contributed by atoms with Crippen molar-refractivity contribution in [2.75, 3.05) is 13.6 Å². The Kier molecular flexibility index (Phi) is 0.785. The molecule has 0 radical (unpaired) electrons. The molecule has 1 aliphatic heterocycles. The second kappa shape index (κ2) is 1.20. The predicted octanol–water partition coefficient (Wildman–Crippen LogP) is -2.03. The number of quaternary nitrogens is 1. The van der Waals surface area contributed by atoms with Crippen LogP contribution in [0.15, 0.2) is 0 Å². The summed E-state index contributed by atoms with van der Waals surface area (Å²) in [6, 6.07) is -0.0972. The molecule has 2 atom stereocenters. The largest absolute Gasteiger partial charge is 0.477 e. The van der Waals surface area contributed by atoms with Crippen molar-refractivity contribution in [1.82, 2.24) is 0 Å². The van der Waals surface area contributed by atoms with Crippen molar-refractivity contribution in [1.29, 1.82) is 0 Å². The highest BCUT2D eigenvalue weighted by atomic mass is 16.4. The lowest BCUT2D eigenvalue weighted by molar-refractivity contribution is -0.744. The van der Waals surface area contributed by atoms with E-state index in [1.54, 1.807) is 0 Å². The second-order valence-electron chi connectivity index (χ2n) is 1.94. The first-order chi connectivity index (χ1) is 3.22. The van der Waals surface area contributed by atoms with Gasteiger partial charge < -0.3 is 10.0 Å². The third kappa shape index (κ3) is 0.718. The normalized spacial score (nSPS) is 37.9. The molecule has 0 aliphatic carbocycles. The van der Waals surface area contributed by atoms with Crippen LogP contribution in [0, 0.1) is 0 Å². The van der Waals surface area contributed by atoms with Crippen molar-refractivity contribution >= 4 is 5.97 Å². The Morgan fingerprint density at radius 2 is 2.43 bits per heavy atom. The SMILES string of the molecule is C[NH+]1CC1C(=O)O. The Bertz CT molecular complexity index is 102. The van der Waals surface area contributed by atoms with Gasteiger partial charge in [0.1, 0.15) is 6.54 Å². The summed E-state index contributed by atoms with van der Waals surface area (Å²) in [5, 5.41) is 8.20. The van der Waals surface area contributed by atoms with E-state index in [0.717, 1.165) is 11.4 Å². The molecule has 2 unspecified atom stereocenters. The van der Waals surface area contributed by atoms with E-state index >= 15 is 0 Å². The lowest BCUT2D eigenvalue weighted by Gasteiger charge is -1.78. The zero-order chi connectivity index (χ0) is 5.44. The first-order valence-electron chi connectivity index (χ1n) is 2.27. The fourth-order valence-corrected chi connectivity index (χ4v) is 0.561. The Labute approximate surface area is 41.5 Å². The predicted molar refractivity (Wildman–Crippen MR) is 23.2 cm³/mol. The number of carbonyl (C=O) groups is 1. The van der Waals surface area contributed by atoms with Crippen molar-refractivity contribution in [3.05, 3.63) is 0 Å². The van der Waals surface area contributed by atoms with Gasteiger partial charge in [-0.15, -0.1) is 0 Å². The Morgan fingerprint density at radius 3 is 2.43 bits per heavy atom. The highest BCUT2D eigenvalue weighted by molar-refractivity contribution is 5.73. The van der Waals surface area contributed by atoms with E-state index in [0.29, 0.717) is 0 Å². The summed E-state index contributed by atoms with van der Waals surface area (Å²) in [7, 11) is 1.87. The molecule has 0 aromatic carbocycles. The molecular formula is C4H8NO2+. The summed E-state index contributed by atoms with van der Waals surface area (Å²) >= 11 is 0. The minimum Gasteiger partial charge on any atom is -0.477 e. The van der Waals surface area contributed by atoms with E-state index in [9.17, 15) is 4.79 Å². The van der Waals surface area contributed by atoms with Crippen LogP contribution in [0.3, 0.4) is 0 Å². The van der Waals surface area contributed by atoms with Crippen molar-refractivity contribution in [2.24, 2.45) is 0 Å². The molecule has 40 valence electrons. The number of hydrogen-bond acceptors (Lipinski definition) is 1. The molecule has 2 N–H and O–H groups in total. The lowest BCUT2D eigenvalue weighted by atomic mass is 10.5. The summed E-state index contributed by atoms with van der Waals surface area (Å²) in [6.07, 6.45) is 0. The second-order valence-corrected chi connectivity index (χ2v) is 1.94. The van der Waals surface area contributed by atoms with Crippen LogP contribution in [0.25, 0.3) is 0 Å². The summed E-state index contributed by atoms with van der Waals surface area (Å²) in [5.74, 6) is -0.669. The fourth-order valence-electron chi connectivity index (χ4n) is 0.561. The van der Waals surface area contributed by atoms with Gasteiger partial charge >= 0.3 is 5.97 Å². The van der Waals surface area contributed by atoms with Crippen LogP contribution >= 0.6 is 0 Å². The maximum Gasteiger partial charge on any atom is 0.368 e. The Balaban J connectivity index is 2.33. The minimum absolute atomic E-state index is 0.0972. The highest BCUT2D eigenvalue weighted by Gasteiger charge is 2.43. The molecule has 0 amide bonds. The van der Waals surface area contributed by atoms with Crippen LogP contribution in [-0.2, 0) is 4.79 Å². The molecule has 0 aromatic rings. The first-order valence-corrected chi connectivity index (χ1v) is 2.27. The van der Waals surface area contributed by atoms with Crippen LogP contribution in [0.2, 0.25) is 0 Å². The van der Waals surface area contributed by atoms with E-state index < -0.39 is 5.97 Å². The molecule has 3 nitrogen and oxygen atoms in total. The Morgan fingerprint density at radius 1 is 2.00 bits per heavy atom. The summed E-state index contributed by atoms with van der Waals surface area (Å²) in [6.45, 7) is 0.801. The van der Waals surface area contributed by atoms with Crippen LogP contribution in [0.1, 0.15) is 0 Å². The average molecular weight is 102 g/mol. The smallest absolute Gasteiger partial charge is 0.368 e. The van der Waals surface area contributed by atoms with Gasteiger partial charge in [0.15, 0.2) is 0 Å². The quantitative estimate of drug-likeness (QED) is 0.375. The van der Waals surface area contributed by atoms with Gasteiger partial charge in [-0.05, 0) is 0 Å². The molecule has 0 aromatic heterocycles.